The lowest BCUT2D eigenvalue weighted by molar-refractivity contribution is 0.0106. The van der Waals surface area contributed by atoms with E-state index in [-0.39, 0.29) is 24.0 Å². The number of rotatable bonds is 11. The Morgan fingerprint density at radius 3 is 2.72 bits per heavy atom. The third kappa shape index (κ3) is 7.32. The van der Waals surface area contributed by atoms with Crippen LogP contribution >= 0.6 is 0 Å². The van der Waals surface area contributed by atoms with Gasteiger partial charge in [0.25, 0.3) is 5.91 Å². The zero-order valence-corrected chi connectivity index (χ0v) is 25.1. The highest BCUT2D eigenvalue weighted by molar-refractivity contribution is 5.94. The number of benzene rings is 3. The van der Waals surface area contributed by atoms with E-state index in [1.807, 2.05) is 47.4 Å². The summed E-state index contributed by atoms with van der Waals surface area (Å²) < 4.78 is 23.8. The van der Waals surface area contributed by atoms with Gasteiger partial charge < -0.3 is 34.1 Å². The van der Waals surface area contributed by atoms with Crippen LogP contribution in [0.4, 0.5) is 5.69 Å². The van der Waals surface area contributed by atoms with Crippen LogP contribution in [0.3, 0.4) is 0 Å². The van der Waals surface area contributed by atoms with Crippen LogP contribution in [-0.4, -0.2) is 82.6 Å². The fourth-order valence-corrected chi connectivity index (χ4v) is 6.39. The molecule has 0 aliphatic carbocycles. The van der Waals surface area contributed by atoms with Gasteiger partial charge in [-0.25, -0.2) is 0 Å². The third-order valence-electron chi connectivity index (χ3n) is 8.71. The molecule has 0 spiro atoms. The van der Waals surface area contributed by atoms with E-state index in [1.165, 1.54) is 5.56 Å². The first-order valence-corrected chi connectivity index (χ1v) is 15.6. The summed E-state index contributed by atoms with van der Waals surface area (Å²) in [5, 5.41) is 3.51. The van der Waals surface area contributed by atoms with E-state index >= 15 is 0 Å². The van der Waals surface area contributed by atoms with Gasteiger partial charge in [-0.15, -0.1) is 0 Å². The van der Waals surface area contributed by atoms with E-state index in [9.17, 15) is 4.79 Å². The number of nitrogens with zero attached hydrogens (tertiary/aromatic N) is 2. The molecule has 8 nitrogen and oxygen atoms in total. The first-order valence-electron chi connectivity index (χ1n) is 15.6. The maximum absolute atomic E-state index is 13.3. The van der Waals surface area contributed by atoms with Crippen LogP contribution in [0.1, 0.15) is 46.7 Å². The first kappa shape index (κ1) is 29.5. The standard InChI is InChI=1S/C35H43N3O5/c1-40-20-5-17-37-19-21-41-33-13-8-26(22-32(33)37)25-42-34-23-36-16-14-31(34)27-9-11-28(12-10-27)35(39)38-18-15-30(24-38)43-29-6-3-2-4-7-29/h2-4,6-13,22,30-31,34,36H,5,14-21,23-25H2,1H3/t30-,31-,34+/m1/s1. The van der Waals surface area contributed by atoms with Gasteiger partial charge in [-0.2, -0.15) is 0 Å². The zero-order chi connectivity index (χ0) is 29.4. The Kier molecular flexibility index (Phi) is 9.77. The second-order valence-electron chi connectivity index (χ2n) is 11.6. The molecule has 0 aromatic heterocycles. The van der Waals surface area contributed by atoms with Crippen LogP contribution in [-0.2, 0) is 16.1 Å². The molecular formula is C35H43N3O5. The smallest absolute Gasteiger partial charge is 0.253 e. The lowest BCUT2D eigenvalue weighted by Crippen LogP contribution is -2.41. The maximum Gasteiger partial charge on any atom is 0.253 e. The molecule has 1 amide bonds. The summed E-state index contributed by atoms with van der Waals surface area (Å²) in [7, 11) is 1.75. The summed E-state index contributed by atoms with van der Waals surface area (Å²) in [4.78, 5) is 17.6. The Bertz CT molecular complexity index is 1340. The highest BCUT2D eigenvalue weighted by atomic mass is 16.5. The zero-order valence-electron chi connectivity index (χ0n) is 25.1. The van der Waals surface area contributed by atoms with Crippen molar-refractivity contribution in [3.63, 3.8) is 0 Å². The fourth-order valence-electron chi connectivity index (χ4n) is 6.39. The summed E-state index contributed by atoms with van der Waals surface area (Å²) in [5.74, 6) is 2.13. The molecule has 0 radical (unpaired) electrons. The first-order chi connectivity index (χ1) is 21.2. The second-order valence-corrected chi connectivity index (χ2v) is 11.6. The Morgan fingerprint density at radius 1 is 1.02 bits per heavy atom. The van der Waals surface area contributed by atoms with Crippen molar-refractivity contribution in [3.8, 4) is 11.5 Å². The summed E-state index contributed by atoms with van der Waals surface area (Å²) in [6.07, 6.45) is 2.90. The number of para-hydroxylation sites is 1. The summed E-state index contributed by atoms with van der Waals surface area (Å²) >= 11 is 0. The molecule has 8 heteroatoms. The number of likely N-dealkylation sites (tertiary alicyclic amines) is 1. The number of hydrogen-bond donors (Lipinski definition) is 1. The number of carbonyl (C=O) groups is 1. The average Bonchev–Trinajstić information content (AvgIpc) is 3.53. The van der Waals surface area contributed by atoms with E-state index < -0.39 is 0 Å². The van der Waals surface area contributed by atoms with Crippen LogP contribution < -0.4 is 19.7 Å². The number of ether oxygens (including phenoxy) is 4. The van der Waals surface area contributed by atoms with Crippen LogP contribution in [0.5, 0.6) is 11.5 Å². The minimum atomic E-state index is 0.0274. The van der Waals surface area contributed by atoms with Crippen molar-refractivity contribution in [3.05, 3.63) is 89.5 Å². The Morgan fingerprint density at radius 2 is 1.88 bits per heavy atom. The van der Waals surface area contributed by atoms with E-state index in [0.29, 0.717) is 26.3 Å². The number of carbonyl (C=O) groups excluding carboxylic acids is 1. The van der Waals surface area contributed by atoms with Crippen molar-refractivity contribution < 1.29 is 23.7 Å². The van der Waals surface area contributed by atoms with E-state index in [1.54, 1.807) is 7.11 Å². The third-order valence-corrected chi connectivity index (χ3v) is 8.71. The molecule has 0 unspecified atom stereocenters. The monoisotopic (exact) mass is 585 g/mol. The highest BCUT2D eigenvalue weighted by Gasteiger charge is 2.30. The summed E-state index contributed by atoms with van der Waals surface area (Å²) in [6.45, 7) is 6.91. The lowest BCUT2D eigenvalue weighted by atomic mass is 9.87. The molecule has 3 atom stereocenters. The van der Waals surface area contributed by atoms with E-state index in [2.05, 4.69) is 40.5 Å². The largest absolute Gasteiger partial charge is 0.490 e. The highest BCUT2D eigenvalue weighted by Crippen LogP contribution is 2.34. The minimum absolute atomic E-state index is 0.0274. The minimum Gasteiger partial charge on any atom is -0.490 e. The number of anilines is 1. The molecule has 3 aliphatic rings. The fraction of sp³-hybridized carbons (Fsp3) is 0.457. The molecule has 0 saturated carbocycles. The Balaban J connectivity index is 1.05. The molecule has 2 saturated heterocycles. The normalized spacial score (nSPS) is 21.7. The van der Waals surface area contributed by atoms with Gasteiger partial charge in [-0.05, 0) is 66.9 Å². The van der Waals surface area contributed by atoms with Gasteiger partial charge in [0.2, 0.25) is 0 Å². The Labute approximate surface area is 254 Å². The topological polar surface area (TPSA) is 72.5 Å². The quantitative estimate of drug-likeness (QED) is 0.322. The molecule has 3 heterocycles. The molecule has 2 fully saturated rings. The van der Waals surface area contributed by atoms with Gasteiger partial charge in [0.15, 0.2) is 0 Å². The molecule has 3 aliphatic heterocycles. The van der Waals surface area contributed by atoms with E-state index in [4.69, 9.17) is 18.9 Å². The summed E-state index contributed by atoms with van der Waals surface area (Å²) in [6, 6.07) is 24.4. The molecule has 3 aromatic rings. The van der Waals surface area contributed by atoms with E-state index in [0.717, 1.165) is 80.4 Å². The Hall–Kier alpha value is -3.59. The van der Waals surface area contributed by atoms with Gasteiger partial charge in [-0.1, -0.05) is 36.4 Å². The van der Waals surface area contributed by atoms with Crippen molar-refractivity contribution in [1.29, 1.82) is 0 Å². The van der Waals surface area contributed by atoms with Crippen molar-refractivity contribution >= 4 is 11.6 Å². The van der Waals surface area contributed by atoms with Gasteiger partial charge in [-0.3, -0.25) is 4.79 Å². The van der Waals surface area contributed by atoms with Crippen LogP contribution in [0.15, 0.2) is 72.8 Å². The molecule has 43 heavy (non-hydrogen) atoms. The van der Waals surface area contributed by atoms with Crippen molar-refractivity contribution in [2.75, 3.05) is 64.5 Å². The molecule has 228 valence electrons. The lowest BCUT2D eigenvalue weighted by Gasteiger charge is -2.33. The molecule has 0 bridgehead atoms. The molecule has 6 rings (SSSR count). The van der Waals surface area contributed by atoms with Crippen LogP contribution in [0, 0.1) is 0 Å². The number of hydrogen-bond acceptors (Lipinski definition) is 7. The molecular weight excluding hydrogens is 542 g/mol. The molecule has 1 N–H and O–H groups in total. The van der Waals surface area contributed by atoms with Gasteiger partial charge in [0.1, 0.15) is 24.2 Å². The molecule has 3 aromatic carbocycles. The number of nitrogens with one attached hydrogen (secondary N) is 1. The number of piperidine rings is 1. The maximum atomic E-state index is 13.3. The van der Waals surface area contributed by atoms with Gasteiger partial charge >= 0.3 is 0 Å². The predicted molar refractivity (Wildman–Crippen MR) is 167 cm³/mol. The van der Waals surface area contributed by atoms with Crippen molar-refractivity contribution in [1.82, 2.24) is 10.2 Å². The van der Waals surface area contributed by atoms with Gasteiger partial charge in [0, 0.05) is 51.3 Å². The van der Waals surface area contributed by atoms with Gasteiger partial charge in [0.05, 0.1) is 31.5 Å². The van der Waals surface area contributed by atoms with Crippen LogP contribution in [0.2, 0.25) is 0 Å². The second kappa shape index (κ2) is 14.3. The predicted octanol–water partition coefficient (Wildman–Crippen LogP) is 4.88. The van der Waals surface area contributed by atoms with Crippen LogP contribution in [0.25, 0.3) is 0 Å². The van der Waals surface area contributed by atoms with Crippen molar-refractivity contribution in [2.45, 2.75) is 44.0 Å². The van der Waals surface area contributed by atoms with Crippen molar-refractivity contribution in [2.24, 2.45) is 0 Å². The number of amides is 1. The SMILES string of the molecule is COCCCN1CCOc2ccc(CO[C@H]3CNCC[C@@H]3c3ccc(C(=O)N4CC[C@@H](Oc5ccccc5)C4)cc3)cc21. The summed E-state index contributed by atoms with van der Waals surface area (Å²) in [5.41, 5.74) is 4.23. The average molecular weight is 586 g/mol. The number of methoxy groups -OCH3 is 1. The number of fused-ring (bicyclic) bond motifs is 1.